The van der Waals surface area contributed by atoms with E-state index in [1.807, 2.05) is 30.0 Å². The van der Waals surface area contributed by atoms with Crippen LogP contribution in [0.2, 0.25) is 0 Å². The number of benzene rings is 1. The third kappa shape index (κ3) is 11.0. The largest absolute Gasteiger partial charge is 0.355 e. The Morgan fingerprint density at radius 3 is 2.19 bits per heavy atom. The monoisotopic (exact) mass is 374 g/mol. The summed E-state index contributed by atoms with van der Waals surface area (Å²) in [5.74, 6) is 0. The lowest BCUT2D eigenvalue weighted by atomic mass is 9.89. The van der Waals surface area contributed by atoms with E-state index in [2.05, 4.69) is 33.0 Å². The van der Waals surface area contributed by atoms with Crippen molar-refractivity contribution in [3.63, 3.8) is 0 Å². The first-order valence-corrected chi connectivity index (χ1v) is 9.28. The zero-order valence-corrected chi connectivity index (χ0v) is 17.2. The molecular formula is C21H34N4O2. The second-order valence-corrected chi connectivity index (χ2v) is 7.80. The smallest absolute Gasteiger partial charge is 0.209 e. The Morgan fingerprint density at radius 1 is 1.33 bits per heavy atom. The van der Waals surface area contributed by atoms with Crippen LogP contribution in [-0.2, 0) is 16.1 Å². The van der Waals surface area contributed by atoms with Crippen molar-refractivity contribution in [2.24, 2.45) is 11.1 Å². The predicted octanol–water partition coefficient (Wildman–Crippen LogP) is 2.81. The Labute approximate surface area is 163 Å². The van der Waals surface area contributed by atoms with E-state index >= 15 is 0 Å². The molecule has 3 N–H and O–H groups in total. The predicted molar refractivity (Wildman–Crippen MR) is 109 cm³/mol. The van der Waals surface area contributed by atoms with Crippen molar-refractivity contribution in [1.29, 1.82) is 5.26 Å². The van der Waals surface area contributed by atoms with Crippen molar-refractivity contribution in [2.45, 2.75) is 66.1 Å². The van der Waals surface area contributed by atoms with Gasteiger partial charge in [-0.15, -0.1) is 0 Å². The quantitative estimate of drug-likeness (QED) is 0.792. The van der Waals surface area contributed by atoms with Gasteiger partial charge in [0.25, 0.3) is 0 Å². The third-order valence-electron chi connectivity index (χ3n) is 4.58. The fourth-order valence-corrected chi connectivity index (χ4v) is 1.97. The normalized spacial score (nSPS) is 16.6. The lowest BCUT2D eigenvalue weighted by Crippen LogP contribution is -2.31. The van der Waals surface area contributed by atoms with Gasteiger partial charge in [0.2, 0.25) is 12.8 Å². The van der Waals surface area contributed by atoms with Gasteiger partial charge in [-0.3, -0.25) is 9.59 Å². The van der Waals surface area contributed by atoms with E-state index in [9.17, 15) is 9.59 Å². The van der Waals surface area contributed by atoms with Gasteiger partial charge >= 0.3 is 0 Å². The molecule has 2 unspecified atom stereocenters. The fraction of sp³-hybridized carbons (Fsp3) is 0.571. The van der Waals surface area contributed by atoms with E-state index in [-0.39, 0.29) is 5.41 Å². The van der Waals surface area contributed by atoms with Crippen LogP contribution in [0.3, 0.4) is 0 Å². The number of carbonyl (C=O) groups is 2. The van der Waals surface area contributed by atoms with Crippen molar-refractivity contribution in [3.05, 3.63) is 35.4 Å². The maximum absolute atomic E-state index is 10.1. The summed E-state index contributed by atoms with van der Waals surface area (Å²) >= 11 is 0. The second kappa shape index (κ2) is 12.9. The van der Waals surface area contributed by atoms with Crippen LogP contribution in [0, 0.1) is 16.7 Å². The number of carbonyl (C=O) groups excluding carboxylic acids is 2. The molecule has 0 spiro atoms. The molecule has 1 heterocycles. The van der Waals surface area contributed by atoms with Gasteiger partial charge in [-0.1, -0.05) is 32.9 Å². The van der Waals surface area contributed by atoms with Gasteiger partial charge in [-0.2, -0.15) is 5.26 Å². The number of amides is 2. The van der Waals surface area contributed by atoms with Gasteiger partial charge in [0, 0.05) is 25.2 Å². The van der Waals surface area contributed by atoms with Crippen molar-refractivity contribution >= 4 is 12.8 Å². The molecule has 6 heteroatoms. The maximum atomic E-state index is 10.1. The highest BCUT2D eigenvalue weighted by molar-refractivity contribution is 5.48. The molecule has 1 aromatic carbocycles. The first-order valence-electron chi connectivity index (χ1n) is 9.28. The summed E-state index contributed by atoms with van der Waals surface area (Å²) in [5.41, 5.74) is 7.46. The zero-order chi connectivity index (χ0) is 20.9. The summed E-state index contributed by atoms with van der Waals surface area (Å²) in [4.78, 5) is 21.9. The van der Waals surface area contributed by atoms with Gasteiger partial charge in [0.1, 0.15) is 0 Å². The molecule has 1 saturated heterocycles. The lowest BCUT2D eigenvalue weighted by Gasteiger charge is -2.22. The minimum absolute atomic E-state index is 0.278. The molecule has 0 aromatic heterocycles. The fourth-order valence-electron chi connectivity index (χ4n) is 1.97. The van der Waals surface area contributed by atoms with Gasteiger partial charge in [-0.25, -0.2) is 0 Å². The van der Waals surface area contributed by atoms with E-state index in [0.717, 1.165) is 18.5 Å². The minimum Gasteiger partial charge on any atom is -0.355 e. The summed E-state index contributed by atoms with van der Waals surface area (Å²) in [6.45, 7) is 12.0. The molecule has 150 valence electrons. The molecule has 27 heavy (non-hydrogen) atoms. The molecule has 0 saturated carbocycles. The molecule has 0 radical (unpaired) electrons. The van der Waals surface area contributed by atoms with Crippen LogP contribution >= 0.6 is 0 Å². The highest BCUT2D eigenvalue weighted by atomic mass is 16.1. The van der Waals surface area contributed by atoms with Crippen LogP contribution in [0.4, 0.5) is 0 Å². The number of nitrogens with zero attached hydrogens (tertiary/aromatic N) is 2. The summed E-state index contributed by atoms with van der Waals surface area (Å²) in [7, 11) is 0. The molecule has 0 bridgehead atoms. The molecule has 6 nitrogen and oxygen atoms in total. The first-order chi connectivity index (χ1) is 12.6. The van der Waals surface area contributed by atoms with E-state index in [0.29, 0.717) is 30.6 Å². The standard InChI is InChI=1S/C9H8N2O.C6H11NO.C6H15N/c10-5-8-1-3-9(4-2-8)6-11-7-12;1-6-3-2-4-7(6)5-8;1-5(7)6(2,3)4/h1-4,7H,6H2,(H,11,12);5-6H,2-4H2,1H3;5H,7H2,1-4H3. The van der Waals surface area contributed by atoms with Gasteiger partial charge in [0.05, 0.1) is 11.6 Å². The highest BCUT2D eigenvalue weighted by Crippen LogP contribution is 2.15. The molecule has 2 amide bonds. The van der Waals surface area contributed by atoms with E-state index < -0.39 is 0 Å². The topological polar surface area (TPSA) is 99.2 Å². The van der Waals surface area contributed by atoms with Crippen LogP contribution in [-0.4, -0.2) is 36.3 Å². The number of nitrogens with one attached hydrogen (secondary N) is 1. The molecule has 1 aliphatic heterocycles. The molecule has 0 aliphatic carbocycles. The lowest BCUT2D eigenvalue weighted by molar-refractivity contribution is -0.118. The molecule has 1 fully saturated rings. The summed E-state index contributed by atoms with van der Waals surface area (Å²) in [5, 5.41) is 11.0. The van der Waals surface area contributed by atoms with Gasteiger partial charge in [0.15, 0.2) is 0 Å². The maximum Gasteiger partial charge on any atom is 0.209 e. The number of hydrogen-bond donors (Lipinski definition) is 2. The molecule has 2 atom stereocenters. The molecular weight excluding hydrogens is 340 g/mol. The van der Waals surface area contributed by atoms with Crippen molar-refractivity contribution in [2.75, 3.05) is 6.54 Å². The summed E-state index contributed by atoms with van der Waals surface area (Å²) in [6, 6.07) is 9.89. The molecule has 1 aromatic rings. The minimum atomic E-state index is 0.278. The average Bonchev–Trinajstić information content (AvgIpc) is 3.05. The molecule has 1 aliphatic rings. The van der Waals surface area contributed by atoms with Crippen LogP contribution in [0.25, 0.3) is 0 Å². The summed E-state index contributed by atoms with van der Waals surface area (Å²) < 4.78 is 0. The Kier molecular flexibility index (Phi) is 11.7. The number of rotatable bonds is 4. The Bertz CT molecular complexity index is 586. The zero-order valence-electron chi connectivity index (χ0n) is 17.2. The van der Waals surface area contributed by atoms with E-state index in [1.54, 1.807) is 12.1 Å². The number of hydrogen-bond acceptors (Lipinski definition) is 4. The Balaban J connectivity index is 0.000000395. The van der Waals surface area contributed by atoms with E-state index in [1.165, 1.54) is 12.8 Å². The Morgan fingerprint density at radius 2 is 1.89 bits per heavy atom. The van der Waals surface area contributed by atoms with Crippen LogP contribution < -0.4 is 11.1 Å². The first kappa shape index (κ1) is 24.6. The van der Waals surface area contributed by atoms with Crippen molar-refractivity contribution < 1.29 is 9.59 Å². The third-order valence-corrected chi connectivity index (χ3v) is 4.58. The van der Waals surface area contributed by atoms with Crippen molar-refractivity contribution in [1.82, 2.24) is 10.2 Å². The highest BCUT2D eigenvalue weighted by Gasteiger charge is 2.17. The number of likely N-dealkylation sites (tertiary alicyclic amines) is 1. The van der Waals surface area contributed by atoms with Crippen LogP contribution in [0.5, 0.6) is 0 Å². The number of nitriles is 1. The summed E-state index contributed by atoms with van der Waals surface area (Å²) in [6.07, 6.45) is 3.95. The second-order valence-electron chi connectivity index (χ2n) is 7.80. The number of nitrogens with two attached hydrogens (primary N) is 1. The van der Waals surface area contributed by atoms with Crippen LogP contribution in [0.15, 0.2) is 24.3 Å². The van der Waals surface area contributed by atoms with Gasteiger partial charge in [-0.05, 0) is 49.8 Å². The molecule has 2 rings (SSSR count). The van der Waals surface area contributed by atoms with Crippen LogP contribution in [0.1, 0.15) is 58.6 Å². The van der Waals surface area contributed by atoms with Crippen molar-refractivity contribution in [3.8, 4) is 6.07 Å². The van der Waals surface area contributed by atoms with Gasteiger partial charge < -0.3 is 16.0 Å². The van der Waals surface area contributed by atoms with E-state index in [4.69, 9.17) is 11.0 Å². The average molecular weight is 375 g/mol. The SMILES string of the molecule is CC(N)C(C)(C)C.CC1CCCN1C=O.N#Cc1ccc(CNC=O)cc1. The Hall–Kier alpha value is -2.39.